The Morgan fingerprint density at radius 2 is 1.83 bits per heavy atom. The van der Waals surface area contributed by atoms with Gasteiger partial charge in [-0.05, 0) is 42.7 Å². The molecule has 0 unspecified atom stereocenters. The monoisotopic (exact) mass is 404 g/mol. The van der Waals surface area contributed by atoms with E-state index in [1.165, 1.54) is 23.1 Å². The summed E-state index contributed by atoms with van der Waals surface area (Å²) in [5, 5.41) is 11.9. The number of amides is 3. The Kier molecular flexibility index (Phi) is 4.95. The van der Waals surface area contributed by atoms with Crippen molar-refractivity contribution >= 4 is 35.1 Å². The maximum Gasteiger partial charge on any atom is 0.337 e. The summed E-state index contributed by atoms with van der Waals surface area (Å²) < 4.78 is 0. The van der Waals surface area contributed by atoms with Crippen LogP contribution in [0.3, 0.4) is 0 Å². The summed E-state index contributed by atoms with van der Waals surface area (Å²) in [5.41, 5.74) is 0.692. The summed E-state index contributed by atoms with van der Waals surface area (Å²) in [4.78, 5) is 51.1. The average molecular weight is 404 g/mol. The zero-order valence-corrected chi connectivity index (χ0v) is 16.2. The van der Waals surface area contributed by atoms with Crippen molar-refractivity contribution < 1.29 is 24.3 Å². The van der Waals surface area contributed by atoms with Crippen molar-refractivity contribution in [3.63, 3.8) is 0 Å². The van der Waals surface area contributed by atoms with Crippen molar-refractivity contribution in [1.29, 1.82) is 0 Å². The molecule has 0 saturated carbocycles. The first-order chi connectivity index (χ1) is 14.4. The van der Waals surface area contributed by atoms with Crippen LogP contribution in [-0.4, -0.2) is 28.8 Å². The first-order valence-corrected chi connectivity index (χ1v) is 9.66. The number of nitrogens with zero attached hydrogens (tertiary/aromatic N) is 1. The third-order valence-electron chi connectivity index (χ3n) is 5.64. The minimum Gasteiger partial charge on any atom is -0.478 e. The van der Waals surface area contributed by atoms with E-state index in [0.29, 0.717) is 12.1 Å². The third kappa shape index (κ3) is 3.28. The van der Waals surface area contributed by atoms with Crippen molar-refractivity contribution in [1.82, 2.24) is 0 Å². The van der Waals surface area contributed by atoms with Crippen LogP contribution in [0.1, 0.15) is 34.1 Å². The summed E-state index contributed by atoms with van der Waals surface area (Å²) in [7, 11) is 0. The lowest BCUT2D eigenvalue weighted by atomic mass is 9.78. The molecule has 1 saturated heterocycles. The zero-order valence-electron chi connectivity index (χ0n) is 16.2. The standard InChI is InChI=1S/C23H20N2O5/c1-13-6-4-10-17-19(13)22(28)25(21(17)27)15-8-5-7-14(12-15)20(26)24-18-11-3-2-9-16(18)23(29)30/h2-9,11-13,17,19H,10H2,1H3,(H,24,26)(H,29,30)/t13-,17+,19-/m1/s1. The van der Waals surface area contributed by atoms with Crippen LogP contribution < -0.4 is 10.2 Å². The molecule has 30 heavy (non-hydrogen) atoms. The number of carboxylic acid groups (broad SMARTS) is 1. The molecule has 7 heteroatoms. The number of hydrogen-bond donors (Lipinski definition) is 2. The Labute approximate surface area is 173 Å². The van der Waals surface area contributed by atoms with Crippen LogP contribution in [0.4, 0.5) is 11.4 Å². The minimum absolute atomic E-state index is 0.0239. The summed E-state index contributed by atoms with van der Waals surface area (Å²) in [6.45, 7) is 1.92. The molecular formula is C23H20N2O5. The van der Waals surface area contributed by atoms with Crippen molar-refractivity contribution in [3.05, 3.63) is 71.8 Å². The molecule has 0 bridgehead atoms. The van der Waals surface area contributed by atoms with E-state index in [2.05, 4.69) is 5.32 Å². The van der Waals surface area contributed by atoms with Gasteiger partial charge in [0, 0.05) is 5.56 Å². The van der Waals surface area contributed by atoms with Crippen molar-refractivity contribution in [3.8, 4) is 0 Å². The number of carboxylic acids is 1. The molecule has 1 fully saturated rings. The number of carbonyl (C=O) groups is 4. The lowest BCUT2D eigenvalue weighted by Gasteiger charge is -2.22. The fourth-order valence-electron chi connectivity index (χ4n) is 4.16. The highest BCUT2D eigenvalue weighted by Crippen LogP contribution is 2.40. The fraction of sp³-hybridized carbons (Fsp3) is 0.217. The number of rotatable bonds is 4. The number of carbonyl (C=O) groups excluding carboxylic acids is 3. The Hall–Kier alpha value is -3.74. The topological polar surface area (TPSA) is 104 Å². The molecule has 3 atom stereocenters. The summed E-state index contributed by atoms with van der Waals surface area (Å²) in [6.07, 6.45) is 4.42. The molecule has 1 aliphatic carbocycles. The van der Waals surface area contributed by atoms with Gasteiger partial charge in [-0.25, -0.2) is 4.79 Å². The number of nitrogens with one attached hydrogen (secondary N) is 1. The van der Waals surface area contributed by atoms with Crippen molar-refractivity contribution in [2.45, 2.75) is 13.3 Å². The van der Waals surface area contributed by atoms with Gasteiger partial charge in [0.1, 0.15) is 0 Å². The number of allylic oxidation sites excluding steroid dienone is 2. The quantitative estimate of drug-likeness (QED) is 0.601. The second-order valence-corrected chi connectivity index (χ2v) is 7.52. The summed E-state index contributed by atoms with van der Waals surface area (Å²) >= 11 is 0. The van der Waals surface area contributed by atoms with Crippen LogP contribution in [0.25, 0.3) is 0 Å². The summed E-state index contributed by atoms with van der Waals surface area (Å²) in [6, 6.07) is 12.3. The van der Waals surface area contributed by atoms with Gasteiger partial charge in [-0.2, -0.15) is 0 Å². The third-order valence-corrected chi connectivity index (χ3v) is 5.64. The van der Waals surface area contributed by atoms with E-state index in [4.69, 9.17) is 0 Å². The Morgan fingerprint density at radius 1 is 1.07 bits per heavy atom. The van der Waals surface area contributed by atoms with Crippen LogP contribution in [0.5, 0.6) is 0 Å². The smallest absolute Gasteiger partial charge is 0.337 e. The number of benzene rings is 2. The highest BCUT2D eigenvalue weighted by atomic mass is 16.4. The molecule has 0 radical (unpaired) electrons. The van der Waals surface area contributed by atoms with Crippen LogP contribution in [0, 0.1) is 17.8 Å². The maximum atomic E-state index is 13.0. The van der Waals surface area contributed by atoms with Crippen LogP contribution in [0.15, 0.2) is 60.7 Å². The molecule has 2 aromatic carbocycles. The first-order valence-electron chi connectivity index (χ1n) is 9.66. The van der Waals surface area contributed by atoms with E-state index in [9.17, 15) is 24.3 Å². The molecule has 4 rings (SSSR count). The number of para-hydroxylation sites is 1. The van der Waals surface area contributed by atoms with Crippen molar-refractivity contribution in [2.75, 3.05) is 10.2 Å². The van der Waals surface area contributed by atoms with Gasteiger partial charge in [0.2, 0.25) is 11.8 Å². The fourth-order valence-corrected chi connectivity index (χ4v) is 4.16. The molecule has 2 aromatic rings. The Morgan fingerprint density at radius 3 is 2.57 bits per heavy atom. The van der Waals surface area contributed by atoms with Crippen LogP contribution in [-0.2, 0) is 9.59 Å². The second-order valence-electron chi connectivity index (χ2n) is 7.52. The van der Waals surface area contributed by atoms with Gasteiger partial charge < -0.3 is 10.4 Å². The van der Waals surface area contributed by atoms with Gasteiger partial charge in [0.05, 0.1) is 28.8 Å². The number of fused-ring (bicyclic) bond motifs is 1. The maximum absolute atomic E-state index is 13.0. The molecule has 2 aliphatic rings. The molecule has 3 amide bonds. The lowest BCUT2D eigenvalue weighted by molar-refractivity contribution is -0.122. The number of aromatic carboxylic acids is 1. The summed E-state index contributed by atoms with van der Waals surface area (Å²) in [5.74, 6) is -2.98. The number of imide groups is 1. The lowest BCUT2D eigenvalue weighted by Crippen LogP contribution is -2.31. The normalized spacial score (nSPS) is 22.7. The van der Waals surface area contributed by atoms with Gasteiger partial charge >= 0.3 is 5.97 Å². The minimum atomic E-state index is -1.15. The van der Waals surface area contributed by atoms with Gasteiger partial charge in [-0.3, -0.25) is 19.3 Å². The highest BCUT2D eigenvalue weighted by molar-refractivity contribution is 6.22. The molecule has 1 heterocycles. The van der Waals surface area contributed by atoms with E-state index in [1.54, 1.807) is 30.3 Å². The Bertz CT molecular complexity index is 1090. The van der Waals surface area contributed by atoms with Gasteiger partial charge in [-0.15, -0.1) is 0 Å². The van der Waals surface area contributed by atoms with E-state index < -0.39 is 11.9 Å². The number of hydrogen-bond acceptors (Lipinski definition) is 4. The van der Waals surface area contributed by atoms with Crippen LogP contribution >= 0.6 is 0 Å². The molecule has 0 aromatic heterocycles. The predicted octanol–water partition coefficient (Wildman–Crippen LogP) is 3.34. The highest BCUT2D eigenvalue weighted by Gasteiger charge is 2.50. The Balaban J connectivity index is 1.61. The molecule has 2 N–H and O–H groups in total. The molecule has 7 nitrogen and oxygen atoms in total. The van der Waals surface area contributed by atoms with Crippen molar-refractivity contribution in [2.24, 2.45) is 17.8 Å². The molecule has 1 aliphatic heterocycles. The van der Waals surface area contributed by atoms with Gasteiger partial charge in [0.15, 0.2) is 0 Å². The molecule has 0 spiro atoms. The second kappa shape index (κ2) is 7.59. The number of anilines is 2. The zero-order chi connectivity index (χ0) is 21.4. The van der Waals surface area contributed by atoms with E-state index in [0.717, 1.165) is 0 Å². The predicted molar refractivity (Wildman–Crippen MR) is 110 cm³/mol. The van der Waals surface area contributed by atoms with E-state index in [1.807, 2.05) is 19.1 Å². The van der Waals surface area contributed by atoms with Gasteiger partial charge in [-0.1, -0.05) is 37.3 Å². The van der Waals surface area contributed by atoms with Gasteiger partial charge in [0.25, 0.3) is 5.91 Å². The molecule has 152 valence electrons. The largest absolute Gasteiger partial charge is 0.478 e. The SMILES string of the molecule is C[C@@H]1C=CC[C@@H]2C(=O)N(c3cccc(C(=O)Nc4ccccc4C(=O)O)c3)C(=O)[C@H]12. The first kappa shape index (κ1) is 19.6. The van der Waals surface area contributed by atoms with Crippen LogP contribution in [0.2, 0.25) is 0 Å². The average Bonchev–Trinajstić information content (AvgIpc) is 2.99. The van der Waals surface area contributed by atoms with E-state index in [-0.39, 0.29) is 46.4 Å². The molecular weight excluding hydrogens is 384 g/mol. The van der Waals surface area contributed by atoms with E-state index >= 15 is 0 Å².